The van der Waals surface area contributed by atoms with Crippen molar-refractivity contribution in [3.05, 3.63) is 24.3 Å². The number of aromatic amines is 1. The van der Waals surface area contributed by atoms with Gasteiger partial charge in [-0.05, 0) is 30.9 Å². The predicted molar refractivity (Wildman–Crippen MR) is 66.7 cm³/mol. The molecule has 1 aliphatic rings. The van der Waals surface area contributed by atoms with E-state index in [1.54, 1.807) is 0 Å². The van der Waals surface area contributed by atoms with E-state index in [4.69, 9.17) is 0 Å². The number of hydrogen-bond donors (Lipinski definition) is 1. The van der Waals surface area contributed by atoms with Crippen LogP contribution in [0.2, 0.25) is 0 Å². The van der Waals surface area contributed by atoms with Crippen LogP contribution in [0.15, 0.2) is 24.3 Å². The smallest absolute Gasteiger partial charge is 0.203 e. The second-order valence-electron chi connectivity index (χ2n) is 4.77. The van der Waals surface area contributed by atoms with Crippen molar-refractivity contribution in [1.29, 1.82) is 0 Å². The van der Waals surface area contributed by atoms with Gasteiger partial charge in [0.05, 0.1) is 11.0 Å². The molecule has 3 heteroatoms. The van der Waals surface area contributed by atoms with E-state index in [-0.39, 0.29) is 0 Å². The van der Waals surface area contributed by atoms with Crippen LogP contribution in [0.3, 0.4) is 0 Å². The number of para-hydroxylation sites is 2. The van der Waals surface area contributed by atoms with Gasteiger partial charge in [-0.25, -0.2) is 4.98 Å². The van der Waals surface area contributed by atoms with Crippen LogP contribution in [0.5, 0.6) is 0 Å². The molecule has 0 radical (unpaired) electrons. The SMILES string of the molecule is C[C@@H]1CCCN(c2nc3ccccc3[nH]2)C1. The molecule has 3 nitrogen and oxygen atoms in total. The molecule has 0 unspecified atom stereocenters. The third-order valence-electron chi connectivity index (χ3n) is 3.33. The molecule has 1 aliphatic heterocycles. The van der Waals surface area contributed by atoms with E-state index in [1.807, 2.05) is 12.1 Å². The lowest BCUT2D eigenvalue weighted by atomic mass is 10.0. The van der Waals surface area contributed by atoms with Crippen molar-refractivity contribution < 1.29 is 0 Å². The van der Waals surface area contributed by atoms with Crippen LogP contribution in [-0.4, -0.2) is 23.1 Å². The summed E-state index contributed by atoms with van der Waals surface area (Å²) in [5.74, 6) is 1.81. The Bertz CT molecular complexity index is 456. The minimum Gasteiger partial charge on any atom is -0.342 e. The summed E-state index contributed by atoms with van der Waals surface area (Å²) in [5.41, 5.74) is 2.20. The quantitative estimate of drug-likeness (QED) is 0.793. The van der Waals surface area contributed by atoms with Crippen molar-refractivity contribution in [1.82, 2.24) is 9.97 Å². The molecule has 1 fully saturated rings. The third-order valence-corrected chi connectivity index (χ3v) is 3.33. The van der Waals surface area contributed by atoms with Crippen molar-refractivity contribution >= 4 is 17.0 Å². The average molecular weight is 215 g/mol. The first-order valence-electron chi connectivity index (χ1n) is 6.02. The first-order chi connectivity index (χ1) is 7.83. The third kappa shape index (κ3) is 1.66. The van der Waals surface area contributed by atoms with E-state index in [9.17, 15) is 0 Å². The molecule has 1 atom stereocenters. The highest BCUT2D eigenvalue weighted by atomic mass is 15.3. The fraction of sp³-hybridized carbons (Fsp3) is 0.462. The Hall–Kier alpha value is -1.51. The molecular weight excluding hydrogens is 198 g/mol. The highest BCUT2D eigenvalue weighted by Gasteiger charge is 2.18. The summed E-state index contributed by atoms with van der Waals surface area (Å²) < 4.78 is 0. The summed E-state index contributed by atoms with van der Waals surface area (Å²) in [6.07, 6.45) is 2.62. The lowest BCUT2D eigenvalue weighted by Crippen LogP contribution is -2.34. The Morgan fingerprint density at radius 1 is 1.38 bits per heavy atom. The van der Waals surface area contributed by atoms with Crippen LogP contribution in [0.4, 0.5) is 5.95 Å². The molecule has 1 aromatic carbocycles. The Kier molecular flexibility index (Phi) is 2.31. The van der Waals surface area contributed by atoms with Gasteiger partial charge in [-0.1, -0.05) is 19.1 Å². The van der Waals surface area contributed by atoms with Gasteiger partial charge in [0.25, 0.3) is 0 Å². The molecule has 1 N–H and O–H groups in total. The summed E-state index contributed by atoms with van der Waals surface area (Å²) in [6, 6.07) is 8.22. The van der Waals surface area contributed by atoms with E-state index in [1.165, 1.54) is 12.8 Å². The van der Waals surface area contributed by atoms with E-state index < -0.39 is 0 Å². The van der Waals surface area contributed by atoms with Crippen LogP contribution in [0.25, 0.3) is 11.0 Å². The number of fused-ring (bicyclic) bond motifs is 1. The molecule has 0 spiro atoms. The van der Waals surface area contributed by atoms with Crippen LogP contribution in [-0.2, 0) is 0 Å². The minimum absolute atomic E-state index is 0.780. The maximum atomic E-state index is 4.64. The van der Waals surface area contributed by atoms with Gasteiger partial charge in [0, 0.05) is 13.1 Å². The Morgan fingerprint density at radius 2 is 2.25 bits per heavy atom. The molecule has 0 saturated carbocycles. The standard InChI is InChI=1S/C13H17N3/c1-10-5-4-8-16(9-10)13-14-11-6-2-3-7-12(11)15-13/h2-3,6-7,10H,4-5,8-9H2,1H3,(H,14,15)/t10-/m1/s1. The van der Waals surface area contributed by atoms with E-state index in [0.717, 1.165) is 36.0 Å². The topological polar surface area (TPSA) is 31.9 Å². The molecular formula is C13H17N3. The zero-order valence-electron chi connectivity index (χ0n) is 9.61. The second kappa shape index (κ2) is 3.81. The van der Waals surface area contributed by atoms with Gasteiger partial charge in [-0.3, -0.25) is 0 Å². The number of anilines is 1. The highest BCUT2D eigenvalue weighted by molar-refractivity contribution is 5.77. The van der Waals surface area contributed by atoms with Crippen LogP contribution in [0.1, 0.15) is 19.8 Å². The monoisotopic (exact) mass is 215 g/mol. The van der Waals surface area contributed by atoms with Gasteiger partial charge >= 0.3 is 0 Å². The lowest BCUT2D eigenvalue weighted by Gasteiger charge is -2.30. The summed E-state index contributed by atoms with van der Waals surface area (Å²) in [7, 11) is 0. The normalized spacial score (nSPS) is 21.6. The summed E-state index contributed by atoms with van der Waals surface area (Å²) >= 11 is 0. The molecule has 1 aromatic heterocycles. The maximum absolute atomic E-state index is 4.64. The van der Waals surface area contributed by atoms with Crippen molar-refractivity contribution in [3.8, 4) is 0 Å². The first-order valence-corrected chi connectivity index (χ1v) is 6.02. The van der Waals surface area contributed by atoms with Crippen molar-refractivity contribution in [3.63, 3.8) is 0 Å². The number of piperidine rings is 1. The van der Waals surface area contributed by atoms with Crippen LogP contribution in [0, 0.1) is 5.92 Å². The number of aromatic nitrogens is 2. The summed E-state index contributed by atoms with van der Waals surface area (Å²) in [5, 5.41) is 0. The fourth-order valence-electron chi connectivity index (χ4n) is 2.47. The van der Waals surface area contributed by atoms with Crippen molar-refractivity contribution in [2.45, 2.75) is 19.8 Å². The molecule has 16 heavy (non-hydrogen) atoms. The van der Waals surface area contributed by atoms with Gasteiger partial charge in [-0.15, -0.1) is 0 Å². The zero-order valence-corrected chi connectivity index (χ0v) is 9.61. The number of nitrogens with zero attached hydrogens (tertiary/aromatic N) is 2. The zero-order chi connectivity index (χ0) is 11.0. The minimum atomic E-state index is 0.780. The largest absolute Gasteiger partial charge is 0.342 e. The number of H-pyrrole nitrogens is 1. The van der Waals surface area contributed by atoms with Gasteiger partial charge < -0.3 is 9.88 Å². The highest BCUT2D eigenvalue weighted by Crippen LogP contribution is 2.22. The van der Waals surface area contributed by atoms with E-state index in [2.05, 4.69) is 33.9 Å². The Morgan fingerprint density at radius 3 is 3.06 bits per heavy atom. The summed E-state index contributed by atoms with van der Waals surface area (Å²) in [6.45, 7) is 4.57. The van der Waals surface area contributed by atoms with Crippen LogP contribution < -0.4 is 4.90 Å². The molecule has 84 valence electrons. The first kappa shape index (κ1) is 9.70. The van der Waals surface area contributed by atoms with E-state index >= 15 is 0 Å². The number of benzene rings is 1. The lowest BCUT2D eigenvalue weighted by molar-refractivity contribution is 0.443. The Labute approximate surface area is 95.5 Å². The molecule has 1 saturated heterocycles. The molecule has 3 rings (SSSR count). The van der Waals surface area contributed by atoms with Crippen molar-refractivity contribution in [2.75, 3.05) is 18.0 Å². The molecule has 0 bridgehead atoms. The second-order valence-corrected chi connectivity index (χ2v) is 4.77. The predicted octanol–water partition coefficient (Wildman–Crippen LogP) is 2.80. The van der Waals surface area contributed by atoms with Crippen molar-refractivity contribution in [2.24, 2.45) is 5.92 Å². The van der Waals surface area contributed by atoms with Gasteiger partial charge in [0.15, 0.2) is 0 Å². The molecule has 2 heterocycles. The van der Waals surface area contributed by atoms with Gasteiger partial charge in [0.1, 0.15) is 0 Å². The van der Waals surface area contributed by atoms with Gasteiger partial charge in [0.2, 0.25) is 5.95 Å². The number of hydrogen-bond acceptors (Lipinski definition) is 2. The number of rotatable bonds is 1. The average Bonchev–Trinajstić information content (AvgIpc) is 2.72. The number of nitrogens with one attached hydrogen (secondary N) is 1. The van der Waals surface area contributed by atoms with E-state index in [0.29, 0.717) is 0 Å². The number of imidazole rings is 1. The van der Waals surface area contributed by atoms with Gasteiger partial charge in [-0.2, -0.15) is 0 Å². The Balaban J connectivity index is 1.93. The van der Waals surface area contributed by atoms with Crippen LogP contribution >= 0.6 is 0 Å². The fourth-order valence-corrected chi connectivity index (χ4v) is 2.47. The maximum Gasteiger partial charge on any atom is 0.203 e. The molecule has 2 aromatic rings. The molecule has 0 aliphatic carbocycles. The molecule has 0 amide bonds. The summed E-state index contributed by atoms with van der Waals surface area (Å²) in [4.78, 5) is 10.4.